The molecule has 0 fully saturated rings. The summed E-state index contributed by atoms with van der Waals surface area (Å²) < 4.78 is 0. The fraction of sp³-hybridized carbons (Fsp3) is 0.217. The Hall–Kier alpha value is -3.32. The second-order valence-corrected chi connectivity index (χ2v) is 7.27. The molecule has 1 amide bonds. The van der Waals surface area contributed by atoms with E-state index in [0.717, 1.165) is 16.9 Å². The first-order valence-corrected chi connectivity index (χ1v) is 8.88. The van der Waals surface area contributed by atoms with Crippen LogP contribution in [-0.4, -0.2) is 13.0 Å². The number of anilines is 2. The van der Waals surface area contributed by atoms with Crippen molar-refractivity contribution < 1.29 is 4.79 Å². The van der Waals surface area contributed by atoms with Crippen LogP contribution >= 0.6 is 0 Å². The number of fused-ring (bicyclic) bond motifs is 1. The second kappa shape index (κ2) is 7.13. The normalized spacial score (nSPS) is 16.8. The third-order valence-electron chi connectivity index (χ3n) is 5.02. The highest BCUT2D eigenvalue weighted by Crippen LogP contribution is 2.46. The van der Waals surface area contributed by atoms with Gasteiger partial charge in [0.05, 0.1) is 0 Å². The molecule has 3 rings (SSSR count). The Morgan fingerprint density at radius 2 is 1.81 bits per heavy atom. The number of carbonyl (C=O) groups is 1. The molecule has 0 atom stereocenters. The van der Waals surface area contributed by atoms with Crippen molar-refractivity contribution in [1.29, 1.82) is 5.26 Å². The minimum atomic E-state index is -0.408. The predicted molar refractivity (Wildman–Crippen MR) is 109 cm³/mol. The maximum Gasteiger partial charge on any atom is 0.266 e. The van der Waals surface area contributed by atoms with Crippen LogP contribution in [0.5, 0.6) is 0 Å². The second-order valence-electron chi connectivity index (χ2n) is 7.27. The monoisotopic (exact) mass is 357 g/mol. The molecule has 1 aliphatic heterocycles. The highest BCUT2D eigenvalue weighted by Gasteiger charge is 2.37. The smallest absolute Gasteiger partial charge is 0.266 e. The number of nitriles is 1. The van der Waals surface area contributed by atoms with Crippen molar-refractivity contribution in [3.8, 4) is 6.07 Å². The zero-order chi connectivity index (χ0) is 19.6. The molecule has 0 aromatic heterocycles. The highest BCUT2D eigenvalue weighted by atomic mass is 16.1. The lowest BCUT2D eigenvalue weighted by Crippen LogP contribution is -2.22. The third-order valence-corrected chi connectivity index (χ3v) is 5.02. The lowest BCUT2D eigenvalue weighted by Gasteiger charge is -2.23. The van der Waals surface area contributed by atoms with Gasteiger partial charge in [-0.25, -0.2) is 0 Å². The molecule has 0 radical (unpaired) electrons. The largest absolute Gasteiger partial charge is 0.347 e. The number of hydrogen-bond acceptors (Lipinski definition) is 3. The highest BCUT2D eigenvalue weighted by molar-refractivity contribution is 6.06. The van der Waals surface area contributed by atoms with E-state index in [4.69, 9.17) is 0 Å². The Labute approximate surface area is 160 Å². The summed E-state index contributed by atoms with van der Waals surface area (Å²) >= 11 is 0. The van der Waals surface area contributed by atoms with Crippen LogP contribution < -0.4 is 10.2 Å². The van der Waals surface area contributed by atoms with Gasteiger partial charge in [-0.05, 0) is 42.8 Å². The number of rotatable bonds is 3. The Kier molecular flexibility index (Phi) is 4.87. The number of allylic oxidation sites excluding steroid dienone is 3. The van der Waals surface area contributed by atoms with Crippen molar-refractivity contribution in [2.45, 2.75) is 26.2 Å². The Morgan fingerprint density at radius 1 is 1.15 bits per heavy atom. The first-order chi connectivity index (χ1) is 12.8. The van der Waals surface area contributed by atoms with Crippen molar-refractivity contribution >= 4 is 17.3 Å². The number of benzene rings is 2. The van der Waals surface area contributed by atoms with Gasteiger partial charge in [-0.2, -0.15) is 5.26 Å². The summed E-state index contributed by atoms with van der Waals surface area (Å²) in [6.07, 6.45) is 3.47. The molecular weight excluding hydrogens is 334 g/mol. The Balaban J connectivity index is 1.87. The SMILES string of the molecule is Cc1ccc(NC(=O)/C(C#N)=C/C=C2/N(C)c3ccccc3C2(C)C)cc1. The van der Waals surface area contributed by atoms with Gasteiger partial charge < -0.3 is 10.2 Å². The van der Waals surface area contributed by atoms with Crippen molar-refractivity contribution in [2.24, 2.45) is 0 Å². The average molecular weight is 357 g/mol. The van der Waals surface area contributed by atoms with E-state index >= 15 is 0 Å². The summed E-state index contributed by atoms with van der Waals surface area (Å²) in [4.78, 5) is 14.6. The van der Waals surface area contributed by atoms with Gasteiger partial charge in [-0.3, -0.25) is 4.79 Å². The first kappa shape index (κ1) is 18.5. The molecule has 2 aromatic carbocycles. The molecule has 2 aromatic rings. The van der Waals surface area contributed by atoms with Crippen LogP contribution in [0.25, 0.3) is 0 Å². The number of nitrogens with one attached hydrogen (secondary N) is 1. The number of likely N-dealkylation sites (N-methyl/N-ethyl adjacent to an activating group) is 1. The zero-order valence-electron chi connectivity index (χ0n) is 16.1. The predicted octanol–water partition coefficient (Wildman–Crippen LogP) is 4.70. The molecule has 1 N–H and O–H groups in total. The van der Waals surface area contributed by atoms with Gasteiger partial charge in [0.1, 0.15) is 11.6 Å². The van der Waals surface area contributed by atoms with Crippen molar-refractivity contribution in [2.75, 3.05) is 17.3 Å². The van der Waals surface area contributed by atoms with Gasteiger partial charge in [0.15, 0.2) is 0 Å². The molecule has 0 saturated heterocycles. The standard InChI is InChI=1S/C23H23N3O/c1-16-9-12-18(13-10-16)25-22(27)17(15-24)11-14-21-23(2,3)19-7-5-6-8-20(19)26(21)4/h5-14H,1-4H3,(H,25,27)/b17-11+,21-14+. The molecule has 0 spiro atoms. The van der Waals surface area contributed by atoms with Crippen LogP contribution in [-0.2, 0) is 10.2 Å². The quantitative estimate of drug-likeness (QED) is 0.640. The molecule has 4 heteroatoms. The average Bonchev–Trinajstić information content (AvgIpc) is 2.85. The van der Waals surface area contributed by atoms with Crippen LogP contribution in [0.3, 0.4) is 0 Å². The number of nitrogens with zero attached hydrogens (tertiary/aromatic N) is 2. The van der Waals surface area contributed by atoms with Gasteiger partial charge in [-0.1, -0.05) is 49.7 Å². The summed E-state index contributed by atoms with van der Waals surface area (Å²) in [6, 6.07) is 17.7. The fourth-order valence-electron chi connectivity index (χ4n) is 3.46. The van der Waals surface area contributed by atoms with Gasteiger partial charge in [-0.15, -0.1) is 0 Å². The van der Waals surface area contributed by atoms with Crippen LogP contribution in [0, 0.1) is 18.3 Å². The number of para-hydroxylation sites is 1. The molecule has 1 aliphatic rings. The van der Waals surface area contributed by atoms with Crippen molar-refractivity contribution in [3.63, 3.8) is 0 Å². The molecule has 136 valence electrons. The van der Waals surface area contributed by atoms with Crippen LogP contribution in [0.2, 0.25) is 0 Å². The fourth-order valence-corrected chi connectivity index (χ4v) is 3.46. The van der Waals surface area contributed by atoms with Crippen LogP contribution in [0.1, 0.15) is 25.0 Å². The molecule has 0 bridgehead atoms. The summed E-state index contributed by atoms with van der Waals surface area (Å²) in [5.74, 6) is -0.408. The van der Waals surface area contributed by atoms with Gasteiger partial charge in [0, 0.05) is 29.5 Å². The van der Waals surface area contributed by atoms with Crippen LogP contribution in [0.4, 0.5) is 11.4 Å². The number of carbonyl (C=O) groups excluding carboxylic acids is 1. The zero-order valence-corrected chi connectivity index (χ0v) is 16.1. The number of amides is 1. The first-order valence-electron chi connectivity index (χ1n) is 8.88. The molecule has 1 heterocycles. The third kappa shape index (κ3) is 3.50. The summed E-state index contributed by atoms with van der Waals surface area (Å²) in [7, 11) is 2.01. The minimum absolute atomic E-state index is 0.0724. The Bertz CT molecular complexity index is 975. The maximum absolute atomic E-state index is 12.4. The van der Waals surface area contributed by atoms with E-state index in [2.05, 4.69) is 36.2 Å². The van der Waals surface area contributed by atoms with Crippen LogP contribution in [0.15, 0.2) is 72.0 Å². The molecule has 0 saturated carbocycles. The molecule has 27 heavy (non-hydrogen) atoms. The van der Waals surface area contributed by atoms with E-state index in [0.29, 0.717) is 5.69 Å². The summed E-state index contributed by atoms with van der Waals surface area (Å²) in [5.41, 5.74) is 5.07. The van der Waals surface area contributed by atoms with Crippen molar-refractivity contribution in [3.05, 3.63) is 83.1 Å². The maximum atomic E-state index is 12.4. The van der Waals surface area contributed by atoms with E-state index in [-0.39, 0.29) is 11.0 Å². The van der Waals surface area contributed by atoms with Gasteiger partial charge in [0.2, 0.25) is 0 Å². The lowest BCUT2D eigenvalue weighted by molar-refractivity contribution is -0.112. The summed E-state index contributed by atoms with van der Waals surface area (Å²) in [5, 5.41) is 12.2. The molecule has 0 unspecified atom stereocenters. The van der Waals surface area contributed by atoms with E-state index < -0.39 is 5.91 Å². The number of hydrogen-bond donors (Lipinski definition) is 1. The topological polar surface area (TPSA) is 56.1 Å². The van der Waals surface area contributed by atoms with Gasteiger partial charge >= 0.3 is 0 Å². The number of aryl methyl sites for hydroxylation is 1. The summed E-state index contributed by atoms with van der Waals surface area (Å²) in [6.45, 7) is 6.27. The molecule has 0 aliphatic carbocycles. The molecule has 4 nitrogen and oxygen atoms in total. The van der Waals surface area contributed by atoms with Gasteiger partial charge in [0.25, 0.3) is 5.91 Å². The van der Waals surface area contributed by atoms with E-state index in [1.54, 1.807) is 6.08 Å². The van der Waals surface area contributed by atoms with E-state index in [1.807, 2.05) is 62.5 Å². The van der Waals surface area contributed by atoms with Crippen molar-refractivity contribution in [1.82, 2.24) is 0 Å². The Morgan fingerprint density at radius 3 is 2.44 bits per heavy atom. The van der Waals surface area contributed by atoms with E-state index in [9.17, 15) is 10.1 Å². The minimum Gasteiger partial charge on any atom is -0.347 e. The lowest BCUT2D eigenvalue weighted by atomic mass is 9.83. The molecular formula is C23H23N3O. The van der Waals surface area contributed by atoms with E-state index in [1.165, 1.54) is 5.56 Å².